The molecule has 0 radical (unpaired) electrons. The Balaban J connectivity index is 2.35. The van der Waals surface area contributed by atoms with Crippen LogP contribution in [0.5, 0.6) is 5.75 Å². The average Bonchev–Trinajstić information content (AvgIpc) is 2.28. The molecule has 0 saturated heterocycles. The number of carbonyl (C=O) groups is 2. The zero-order valence-electron chi connectivity index (χ0n) is 12.0. The first kappa shape index (κ1) is 16.0. The molecule has 0 saturated carbocycles. The third-order valence-corrected chi connectivity index (χ3v) is 2.27. The van der Waals surface area contributed by atoms with E-state index in [9.17, 15) is 9.59 Å². The molecule has 0 aromatic heterocycles. The van der Waals surface area contributed by atoms with Crippen LogP contribution in [-0.4, -0.2) is 29.3 Å². The summed E-state index contributed by atoms with van der Waals surface area (Å²) >= 11 is 0. The second-order valence-electron chi connectivity index (χ2n) is 5.40. The maximum atomic E-state index is 11.5. The fraction of sp³-hybridized carbons (Fsp3) is 0.467. The van der Waals surface area contributed by atoms with Crippen molar-refractivity contribution >= 4 is 11.9 Å². The van der Waals surface area contributed by atoms with Crippen molar-refractivity contribution in [3.8, 4) is 5.75 Å². The summed E-state index contributed by atoms with van der Waals surface area (Å²) in [6.45, 7) is 5.67. The Morgan fingerprint density at radius 1 is 1.15 bits per heavy atom. The van der Waals surface area contributed by atoms with Crippen LogP contribution in [0.4, 0.5) is 0 Å². The van der Waals surface area contributed by atoms with Gasteiger partial charge in [0.05, 0.1) is 19.4 Å². The Morgan fingerprint density at radius 2 is 1.75 bits per heavy atom. The Hall–Kier alpha value is -2.04. The molecule has 1 aromatic carbocycles. The molecule has 5 nitrogen and oxygen atoms in total. The van der Waals surface area contributed by atoms with E-state index in [1.165, 1.54) is 0 Å². The number of rotatable bonds is 6. The predicted octanol–water partition coefficient (Wildman–Crippen LogP) is 2.42. The Kier molecular flexibility index (Phi) is 5.55. The molecule has 5 heteroatoms. The second-order valence-corrected chi connectivity index (χ2v) is 5.40. The lowest BCUT2D eigenvalue weighted by Crippen LogP contribution is -2.24. The van der Waals surface area contributed by atoms with Gasteiger partial charge in [0.25, 0.3) is 0 Å². The SMILES string of the molecule is CC(C)(C)OC(=O)CCOc1ccc(CC(=O)O)cc1. The summed E-state index contributed by atoms with van der Waals surface area (Å²) in [6, 6.07) is 6.76. The highest BCUT2D eigenvalue weighted by molar-refractivity contribution is 5.70. The number of carbonyl (C=O) groups excluding carboxylic acids is 1. The molecule has 0 aliphatic rings. The lowest BCUT2D eigenvalue weighted by molar-refractivity contribution is -0.155. The van der Waals surface area contributed by atoms with Crippen molar-refractivity contribution in [3.63, 3.8) is 0 Å². The lowest BCUT2D eigenvalue weighted by atomic mass is 10.1. The van der Waals surface area contributed by atoms with Gasteiger partial charge < -0.3 is 14.6 Å². The van der Waals surface area contributed by atoms with Crippen molar-refractivity contribution in [2.24, 2.45) is 0 Å². The summed E-state index contributed by atoms with van der Waals surface area (Å²) in [6.07, 6.45) is 0.159. The van der Waals surface area contributed by atoms with Gasteiger partial charge in [-0.1, -0.05) is 12.1 Å². The van der Waals surface area contributed by atoms with E-state index in [0.29, 0.717) is 11.3 Å². The van der Waals surface area contributed by atoms with Gasteiger partial charge in [0, 0.05) is 0 Å². The molecule has 1 aromatic rings. The molecule has 0 bridgehead atoms. The van der Waals surface area contributed by atoms with Gasteiger partial charge in [0.2, 0.25) is 0 Å². The van der Waals surface area contributed by atoms with Crippen LogP contribution in [0, 0.1) is 0 Å². The minimum absolute atomic E-state index is 0.0157. The molecule has 0 unspecified atom stereocenters. The molecular weight excluding hydrogens is 260 g/mol. The maximum Gasteiger partial charge on any atom is 0.309 e. The number of aliphatic carboxylic acids is 1. The van der Waals surface area contributed by atoms with Crippen LogP contribution in [0.25, 0.3) is 0 Å². The molecule has 0 amide bonds. The molecule has 20 heavy (non-hydrogen) atoms. The van der Waals surface area contributed by atoms with Gasteiger partial charge in [-0.05, 0) is 38.5 Å². The highest BCUT2D eigenvalue weighted by Crippen LogP contribution is 2.13. The van der Waals surface area contributed by atoms with Crippen LogP contribution >= 0.6 is 0 Å². The summed E-state index contributed by atoms with van der Waals surface area (Å²) in [7, 11) is 0. The normalized spacial score (nSPS) is 10.9. The number of hydrogen-bond donors (Lipinski definition) is 1. The Labute approximate surface area is 118 Å². The van der Waals surface area contributed by atoms with Crippen molar-refractivity contribution in [2.75, 3.05) is 6.61 Å². The van der Waals surface area contributed by atoms with Crippen molar-refractivity contribution in [2.45, 2.75) is 39.2 Å². The first-order valence-electron chi connectivity index (χ1n) is 6.41. The minimum Gasteiger partial charge on any atom is -0.493 e. The van der Waals surface area contributed by atoms with Gasteiger partial charge in [0.15, 0.2) is 0 Å². The molecule has 0 spiro atoms. The topological polar surface area (TPSA) is 72.8 Å². The molecule has 1 N–H and O–H groups in total. The molecule has 110 valence electrons. The van der Waals surface area contributed by atoms with E-state index in [1.807, 2.05) is 20.8 Å². The molecule has 0 fully saturated rings. The van der Waals surface area contributed by atoms with E-state index in [2.05, 4.69) is 0 Å². The zero-order chi connectivity index (χ0) is 15.2. The van der Waals surface area contributed by atoms with Crippen LogP contribution in [0.3, 0.4) is 0 Å². The molecule has 0 atom stereocenters. The smallest absolute Gasteiger partial charge is 0.309 e. The van der Waals surface area contributed by atoms with Crippen molar-refractivity contribution in [3.05, 3.63) is 29.8 Å². The first-order chi connectivity index (χ1) is 9.26. The van der Waals surface area contributed by atoms with Gasteiger partial charge >= 0.3 is 11.9 Å². The van der Waals surface area contributed by atoms with Gasteiger partial charge in [0.1, 0.15) is 11.4 Å². The fourth-order valence-electron chi connectivity index (χ4n) is 1.52. The zero-order valence-corrected chi connectivity index (χ0v) is 12.0. The number of hydrogen-bond acceptors (Lipinski definition) is 4. The van der Waals surface area contributed by atoms with Crippen molar-refractivity contribution < 1.29 is 24.2 Å². The number of esters is 1. The maximum absolute atomic E-state index is 11.5. The first-order valence-corrected chi connectivity index (χ1v) is 6.41. The highest BCUT2D eigenvalue weighted by atomic mass is 16.6. The summed E-state index contributed by atoms with van der Waals surface area (Å²) in [5, 5.41) is 8.65. The number of carboxylic acids is 1. The molecule has 1 rings (SSSR count). The van der Waals surface area contributed by atoms with E-state index in [-0.39, 0.29) is 25.4 Å². The van der Waals surface area contributed by atoms with E-state index in [0.717, 1.165) is 0 Å². The van der Waals surface area contributed by atoms with Gasteiger partial charge in [-0.25, -0.2) is 0 Å². The highest BCUT2D eigenvalue weighted by Gasteiger charge is 2.15. The quantitative estimate of drug-likeness (QED) is 0.810. The van der Waals surface area contributed by atoms with E-state index in [1.54, 1.807) is 24.3 Å². The van der Waals surface area contributed by atoms with Crippen molar-refractivity contribution in [1.82, 2.24) is 0 Å². The monoisotopic (exact) mass is 280 g/mol. The van der Waals surface area contributed by atoms with E-state index >= 15 is 0 Å². The number of benzene rings is 1. The summed E-state index contributed by atoms with van der Waals surface area (Å²) in [5.41, 5.74) is 0.215. The number of carboxylic acid groups (broad SMARTS) is 1. The fourth-order valence-corrected chi connectivity index (χ4v) is 1.52. The average molecular weight is 280 g/mol. The largest absolute Gasteiger partial charge is 0.493 e. The molecule has 0 heterocycles. The summed E-state index contributed by atoms with van der Waals surface area (Å²) < 4.78 is 10.6. The van der Waals surface area contributed by atoms with E-state index in [4.69, 9.17) is 14.6 Å². The van der Waals surface area contributed by atoms with Gasteiger partial charge in [-0.2, -0.15) is 0 Å². The Morgan fingerprint density at radius 3 is 2.25 bits per heavy atom. The van der Waals surface area contributed by atoms with E-state index < -0.39 is 11.6 Å². The van der Waals surface area contributed by atoms with Gasteiger partial charge in [-0.3, -0.25) is 9.59 Å². The third-order valence-electron chi connectivity index (χ3n) is 2.27. The molecular formula is C15H20O5. The summed E-state index contributed by atoms with van der Waals surface area (Å²) in [5.74, 6) is -0.578. The Bertz CT molecular complexity index is 456. The summed E-state index contributed by atoms with van der Waals surface area (Å²) in [4.78, 5) is 22.0. The van der Waals surface area contributed by atoms with Gasteiger partial charge in [-0.15, -0.1) is 0 Å². The van der Waals surface area contributed by atoms with Crippen LogP contribution in [-0.2, 0) is 20.7 Å². The molecule has 0 aliphatic heterocycles. The lowest BCUT2D eigenvalue weighted by Gasteiger charge is -2.19. The van der Waals surface area contributed by atoms with Crippen LogP contribution in [0.1, 0.15) is 32.8 Å². The van der Waals surface area contributed by atoms with Crippen LogP contribution in [0.15, 0.2) is 24.3 Å². The van der Waals surface area contributed by atoms with Crippen LogP contribution in [0.2, 0.25) is 0 Å². The minimum atomic E-state index is -0.872. The third kappa shape index (κ3) is 6.78. The predicted molar refractivity (Wildman–Crippen MR) is 73.7 cm³/mol. The van der Waals surface area contributed by atoms with Crippen molar-refractivity contribution in [1.29, 1.82) is 0 Å². The standard InChI is InChI=1S/C15H20O5/c1-15(2,3)20-14(18)8-9-19-12-6-4-11(5-7-12)10-13(16)17/h4-7H,8-10H2,1-3H3,(H,16,17). The second kappa shape index (κ2) is 6.93. The number of ether oxygens (including phenoxy) is 2. The van der Waals surface area contributed by atoms with Crippen LogP contribution < -0.4 is 4.74 Å². The molecule has 0 aliphatic carbocycles.